The first-order chi connectivity index (χ1) is 10.2. The van der Waals surface area contributed by atoms with Crippen molar-refractivity contribution in [1.82, 2.24) is 0 Å². The number of benzene rings is 2. The Balaban J connectivity index is 2.14. The molecule has 0 saturated heterocycles. The molecule has 2 nitrogen and oxygen atoms in total. The van der Waals surface area contributed by atoms with Crippen LogP contribution in [-0.4, -0.2) is 13.1 Å². The van der Waals surface area contributed by atoms with Crippen molar-refractivity contribution >= 4 is 5.69 Å². The minimum atomic E-state index is 0.428. The van der Waals surface area contributed by atoms with E-state index in [1.54, 1.807) is 0 Å². The average molecular weight is 282 g/mol. The lowest BCUT2D eigenvalue weighted by molar-refractivity contribution is 0.771. The molecule has 0 spiro atoms. The topological polar surface area (TPSA) is 29.3 Å². The Morgan fingerprint density at radius 1 is 1.05 bits per heavy atom. The van der Waals surface area contributed by atoms with Crippen molar-refractivity contribution < 1.29 is 0 Å². The molecule has 112 valence electrons. The van der Waals surface area contributed by atoms with Crippen LogP contribution in [-0.2, 0) is 6.54 Å². The van der Waals surface area contributed by atoms with Crippen molar-refractivity contribution in [2.24, 2.45) is 5.73 Å². The Morgan fingerprint density at radius 3 is 2.29 bits per heavy atom. The van der Waals surface area contributed by atoms with Gasteiger partial charge in [-0.1, -0.05) is 49.4 Å². The molecule has 1 atom stereocenters. The first kappa shape index (κ1) is 15.6. The zero-order valence-electron chi connectivity index (χ0n) is 13.3. The average Bonchev–Trinajstić information content (AvgIpc) is 2.53. The fourth-order valence-corrected chi connectivity index (χ4v) is 2.59. The highest BCUT2D eigenvalue weighted by atomic mass is 15.1. The van der Waals surface area contributed by atoms with E-state index in [0.29, 0.717) is 12.5 Å². The van der Waals surface area contributed by atoms with Crippen molar-refractivity contribution in [3.8, 4) is 0 Å². The lowest BCUT2D eigenvalue weighted by Crippen LogP contribution is -2.22. The van der Waals surface area contributed by atoms with Crippen molar-refractivity contribution in [2.75, 3.05) is 18.0 Å². The third-order valence-electron chi connectivity index (χ3n) is 4.11. The monoisotopic (exact) mass is 282 g/mol. The number of anilines is 1. The third-order valence-corrected chi connectivity index (χ3v) is 4.11. The second kappa shape index (κ2) is 7.28. The molecule has 0 amide bonds. The van der Waals surface area contributed by atoms with E-state index in [9.17, 15) is 0 Å². The van der Waals surface area contributed by atoms with Gasteiger partial charge in [-0.25, -0.2) is 0 Å². The van der Waals surface area contributed by atoms with Gasteiger partial charge in [-0.15, -0.1) is 0 Å². The van der Waals surface area contributed by atoms with E-state index in [4.69, 9.17) is 5.73 Å². The molecule has 21 heavy (non-hydrogen) atoms. The fourth-order valence-electron chi connectivity index (χ4n) is 2.59. The van der Waals surface area contributed by atoms with Gasteiger partial charge in [0.15, 0.2) is 0 Å². The maximum atomic E-state index is 5.73. The molecule has 0 radical (unpaired) electrons. The highest BCUT2D eigenvalue weighted by Gasteiger charge is 2.08. The highest BCUT2D eigenvalue weighted by Crippen LogP contribution is 2.22. The van der Waals surface area contributed by atoms with E-state index in [1.165, 1.54) is 22.4 Å². The van der Waals surface area contributed by atoms with Gasteiger partial charge < -0.3 is 10.6 Å². The molecule has 0 aliphatic heterocycles. The predicted molar refractivity (Wildman–Crippen MR) is 91.8 cm³/mol. The van der Waals surface area contributed by atoms with E-state index in [1.807, 2.05) is 0 Å². The zero-order valence-corrected chi connectivity index (χ0v) is 13.3. The summed E-state index contributed by atoms with van der Waals surface area (Å²) in [5.41, 5.74) is 11.0. The standard InChI is InChI=1S/C19H26N2/c1-4-21(19-8-6-5-7-15(19)2)14-17-9-11-18(12-10-17)16(3)13-20/h5-12,16H,4,13-14,20H2,1-3H3. The summed E-state index contributed by atoms with van der Waals surface area (Å²) in [5, 5.41) is 0. The lowest BCUT2D eigenvalue weighted by Gasteiger charge is -2.25. The molecule has 2 rings (SSSR count). The summed E-state index contributed by atoms with van der Waals surface area (Å²) in [4.78, 5) is 2.41. The van der Waals surface area contributed by atoms with E-state index in [-0.39, 0.29) is 0 Å². The number of rotatable bonds is 6. The third kappa shape index (κ3) is 3.85. The molecule has 2 aromatic carbocycles. The molecule has 0 saturated carbocycles. The van der Waals surface area contributed by atoms with Crippen molar-refractivity contribution in [3.63, 3.8) is 0 Å². The molecule has 0 aliphatic rings. The number of nitrogens with zero attached hydrogens (tertiary/aromatic N) is 1. The minimum absolute atomic E-state index is 0.428. The van der Waals surface area contributed by atoms with Crippen molar-refractivity contribution in [2.45, 2.75) is 33.2 Å². The maximum absolute atomic E-state index is 5.73. The summed E-state index contributed by atoms with van der Waals surface area (Å²) >= 11 is 0. The van der Waals surface area contributed by atoms with Gasteiger partial charge in [0.2, 0.25) is 0 Å². The molecule has 2 N–H and O–H groups in total. The molecular weight excluding hydrogens is 256 g/mol. The summed E-state index contributed by atoms with van der Waals surface area (Å²) in [5.74, 6) is 0.428. The number of hydrogen-bond acceptors (Lipinski definition) is 2. The molecule has 0 bridgehead atoms. The number of hydrogen-bond donors (Lipinski definition) is 1. The Morgan fingerprint density at radius 2 is 1.71 bits per heavy atom. The summed E-state index contributed by atoms with van der Waals surface area (Å²) in [6.07, 6.45) is 0. The van der Waals surface area contributed by atoms with Crippen LogP contribution in [0.25, 0.3) is 0 Å². The Hall–Kier alpha value is -1.80. The van der Waals surface area contributed by atoms with Gasteiger partial charge in [0, 0.05) is 18.8 Å². The van der Waals surface area contributed by atoms with Gasteiger partial charge in [0.1, 0.15) is 0 Å². The Kier molecular flexibility index (Phi) is 5.40. The molecule has 0 aromatic heterocycles. The van der Waals surface area contributed by atoms with Crippen LogP contribution in [0.15, 0.2) is 48.5 Å². The SMILES string of the molecule is CCN(Cc1ccc(C(C)CN)cc1)c1ccccc1C. The van der Waals surface area contributed by atoms with E-state index >= 15 is 0 Å². The van der Waals surface area contributed by atoms with Crippen LogP contribution in [0, 0.1) is 6.92 Å². The first-order valence-electron chi connectivity index (χ1n) is 7.75. The smallest absolute Gasteiger partial charge is 0.0429 e. The van der Waals surface area contributed by atoms with Crippen LogP contribution >= 0.6 is 0 Å². The number of para-hydroxylation sites is 1. The van der Waals surface area contributed by atoms with E-state index in [2.05, 4.69) is 74.2 Å². The van der Waals surface area contributed by atoms with Crippen LogP contribution in [0.4, 0.5) is 5.69 Å². The first-order valence-corrected chi connectivity index (χ1v) is 7.75. The van der Waals surface area contributed by atoms with Gasteiger partial charge >= 0.3 is 0 Å². The van der Waals surface area contributed by atoms with E-state index < -0.39 is 0 Å². The second-order valence-corrected chi connectivity index (χ2v) is 5.68. The molecule has 2 heteroatoms. The highest BCUT2D eigenvalue weighted by molar-refractivity contribution is 5.53. The van der Waals surface area contributed by atoms with Crippen LogP contribution < -0.4 is 10.6 Å². The van der Waals surface area contributed by atoms with E-state index in [0.717, 1.165) is 13.1 Å². The summed E-state index contributed by atoms with van der Waals surface area (Å²) in [7, 11) is 0. The van der Waals surface area contributed by atoms with Gasteiger partial charge in [-0.05, 0) is 49.1 Å². The van der Waals surface area contributed by atoms with Crippen molar-refractivity contribution in [3.05, 3.63) is 65.2 Å². The zero-order chi connectivity index (χ0) is 15.2. The maximum Gasteiger partial charge on any atom is 0.0429 e. The van der Waals surface area contributed by atoms with Crippen LogP contribution in [0.5, 0.6) is 0 Å². The number of nitrogens with two attached hydrogens (primary N) is 1. The molecule has 0 heterocycles. The van der Waals surface area contributed by atoms with Crippen LogP contribution in [0.1, 0.15) is 36.5 Å². The Bertz CT molecular complexity index is 560. The van der Waals surface area contributed by atoms with Crippen LogP contribution in [0.2, 0.25) is 0 Å². The summed E-state index contributed by atoms with van der Waals surface area (Å²) in [6.45, 7) is 9.19. The fraction of sp³-hybridized carbons (Fsp3) is 0.368. The quantitative estimate of drug-likeness (QED) is 0.865. The normalized spacial score (nSPS) is 12.2. The molecule has 1 unspecified atom stereocenters. The van der Waals surface area contributed by atoms with Crippen LogP contribution in [0.3, 0.4) is 0 Å². The summed E-state index contributed by atoms with van der Waals surface area (Å²) < 4.78 is 0. The number of aryl methyl sites for hydroxylation is 1. The summed E-state index contributed by atoms with van der Waals surface area (Å²) in [6, 6.07) is 17.4. The van der Waals surface area contributed by atoms with Gasteiger partial charge in [0.05, 0.1) is 0 Å². The van der Waals surface area contributed by atoms with Gasteiger partial charge in [-0.2, -0.15) is 0 Å². The lowest BCUT2D eigenvalue weighted by atomic mass is 10.00. The molecule has 0 aliphatic carbocycles. The Labute approximate surface area is 128 Å². The van der Waals surface area contributed by atoms with Gasteiger partial charge in [-0.3, -0.25) is 0 Å². The molecule has 0 fully saturated rings. The predicted octanol–water partition coefficient (Wildman–Crippen LogP) is 4.08. The van der Waals surface area contributed by atoms with Gasteiger partial charge in [0.25, 0.3) is 0 Å². The molecular formula is C19H26N2. The largest absolute Gasteiger partial charge is 0.367 e. The minimum Gasteiger partial charge on any atom is -0.367 e. The van der Waals surface area contributed by atoms with Crippen molar-refractivity contribution in [1.29, 1.82) is 0 Å². The second-order valence-electron chi connectivity index (χ2n) is 5.68. The molecule has 2 aromatic rings.